The topological polar surface area (TPSA) is 63.0 Å². The number of nitrogens with zero attached hydrogens (tertiary/aromatic N) is 3. The molecule has 0 atom stereocenters. The number of imidazole rings is 2. The van der Waals surface area contributed by atoms with Crippen LogP contribution in [-0.4, -0.2) is 25.1 Å². The van der Waals surface area contributed by atoms with Gasteiger partial charge in [-0.25, -0.2) is 14.4 Å². The Morgan fingerprint density at radius 1 is 1.16 bits per heavy atom. The van der Waals surface area contributed by atoms with Gasteiger partial charge in [0.05, 0.1) is 25.1 Å². The minimum absolute atomic E-state index is 0.136. The number of ketones is 1. The minimum atomic E-state index is -0.327. The van der Waals surface area contributed by atoms with E-state index in [-0.39, 0.29) is 17.0 Å². The third kappa shape index (κ3) is 2.96. The molecule has 0 saturated heterocycles. The number of halogens is 2. The van der Waals surface area contributed by atoms with E-state index in [0.29, 0.717) is 27.6 Å². The highest BCUT2D eigenvalue weighted by Crippen LogP contribution is 2.44. The monoisotopic (exact) mass is 470 g/mol. The normalized spacial score (nSPS) is 15.8. The van der Waals surface area contributed by atoms with Gasteiger partial charge in [0, 0.05) is 12.1 Å². The summed E-state index contributed by atoms with van der Waals surface area (Å²) in [4.78, 5) is 28.2. The Bertz CT molecular complexity index is 1520. The zero-order valence-corrected chi connectivity index (χ0v) is 19.0. The quantitative estimate of drug-likeness (QED) is 0.315. The lowest BCUT2D eigenvalue weighted by molar-refractivity contribution is 0.0915. The van der Waals surface area contributed by atoms with Gasteiger partial charge in [-0.1, -0.05) is 36.8 Å². The van der Waals surface area contributed by atoms with E-state index in [4.69, 9.17) is 21.6 Å². The molecule has 1 aliphatic rings. The summed E-state index contributed by atoms with van der Waals surface area (Å²) in [7, 11) is 0. The standard InChI is InChI=1S/C22H16ClFN4OS2/c1-22(2)8-13-19(14(29)9-22)31-21-27-17(15-5-6-16(23)30-15)18(28(13)21)20-25-11-4-3-10(24)7-12(11)26-20/h3-7H,8-9H2,1-2H3,(H,25,26). The molecule has 0 bridgehead atoms. The first kappa shape index (κ1) is 19.2. The summed E-state index contributed by atoms with van der Waals surface area (Å²) in [5.41, 5.74) is 3.63. The summed E-state index contributed by atoms with van der Waals surface area (Å²) in [6, 6.07) is 8.26. The van der Waals surface area contributed by atoms with Gasteiger partial charge in [-0.05, 0) is 42.2 Å². The predicted octanol–water partition coefficient (Wildman–Crippen LogP) is 6.62. The van der Waals surface area contributed by atoms with Crippen LogP contribution in [0.4, 0.5) is 4.39 Å². The van der Waals surface area contributed by atoms with E-state index in [1.807, 2.05) is 12.1 Å². The Kier molecular flexibility index (Phi) is 4.00. The molecule has 1 aliphatic carbocycles. The van der Waals surface area contributed by atoms with Gasteiger partial charge in [0.1, 0.15) is 17.2 Å². The summed E-state index contributed by atoms with van der Waals surface area (Å²) in [6.07, 6.45) is 1.28. The molecule has 0 fully saturated rings. The molecule has 156 valence electrons. The van der Waals surface area contributed by atoms with Crippen molar-refractivity contribution in [2.45, 2.75) is 26.7 Å². The van der Waals surface area contributed by atoms with Crippen LogP contribution in [0.1, 0.15) is 35.6 Å². The van der Waals surface area contributed by atoms with Crippen LogP contribution in [0.2, 0.25) is 4.34 Å². The Morgan fingerprint density at radius 2 is 2.00 bits per heavy atom. The number of H-pyrrole nitrogens is 1. The highest BCUT2D eigenvalue weighted by Gasteiger charge is 2.36. The maximum atomic E-state index is 13.8. The third-order valence-electron chi connectivity index (χ3n) is 5.59. The molecule has 0 radical (unpaired) electrons. The molecule has 5 nitrogen and oxygen atoms in total. The van der Waals surface area contributed by atoms with Gasteiger partial charge in [0.2, 0.25) is 0 Å². The molecule has 0 aliphatic heterocycles. The molecule has 9 heteroatoms. The SMILES string of the molecule is CC1(C)CC(=O)c2sc3nc(-c4ccc(Cl)s4)c(-c4nc5ccc(F)cc5[nH]4)n3c2C1. The number of hydrogen-bond acceptors (Lipinski definition) is 5. The second-order valence-corrected chi connectivity index (χ2v) is 11.3. The molecular formula is C22H16ClFN4OS2. The van der Waals surface area contributed by atoms with E-state index >= 15 is 0 Å². The molecule has 4 heterocycles. The summed E-state index contributed by atoms with van der Waals surface area (Å²) in [5, 5.41) is 0. The number of Topliss-reactive ketones (excluding diaryl/α,β-unsaturated/α-hetero) is 1. The van der Waals surface area contributed by atoms with Gasteiger partial charge in [-0.2, -0.15) is 0 Å². The third-order valence-corrected chi connectivity index (χ3v) is 7.95. The van der Waals surface area contributed by atoms with Crippen molar-refractivity contribution in [2.75, 3.05) is 0 Å². The second kappa shape index (κ2) is 6.48. The number of fused-ring (bicyclic) bond motifs is 4. The zero-order valence-electron chi connectivity index (χ0n) is 16.6. The van der Waals surface area contributed by atoms with E-state index in [1.165, 1.54) is 34.8 Å². The highest BCUT2D eigenvalue weighted by atomic mass is 35.5. The van der Waals surface area contributed by atoms with Crippen molar-refractivity contribution in [1.29, 1.82) is 0 Å². The zero-order chi connectivity index (χ0) is 21.5. The molecular weight excluding hydrogens is 455 g/mol. The minimum Gasteiger partial charge on any atom is -0.337 e. The fourth-order valence-electron chi connectivity index (χ4n) is 4.30. The number of hydrogen-bond donors (Lipinski definition) is 1. The summed E-state index contributed by atoms with van der Waals surface area (Å²) in [6.45, 7) is 4.22. The molecule has 0 unspecified atom stereocenters. The van der Waals surface area contributed by atoms with Crippen LogP contribution in [0.3, 0.4) is 0 Å². The summed E-state index contributed by atoms with van der Waals surface area (Å²) in [5.74, 6) is 0.413. The van der Waals surface area contributed by atoms with E-state index < -0.39 is 0 Å². The average molecular weight is 471 g/mol. The summed E-state index contributed by atoms with van der Waals surface area (Å²) >= 11 is 9.07. The van der Waals surface area contributed by atoms with Gasteiger partial charge in [-0.3, -0.25) is 9.20 Å². The van der Waals surface area contributed by atoms with Crippen LogP contribution in [0, 0.1) is 11.2 Å². The number of thiophene rings is 1. The lowest BCUT2D eigenvalue weighted by Gasteiger charge is -2.28. The van der Waals surface area contributed by atoms with Crippen molar-refractivity contribution >= 4 is 56.1 Å². The van der Waals surface area contributed by atoms with Gasteiger partial charge in [0.15, 0.2) is 16.6 Å². The first-order chi connectivity index (χ1) is 14.8. The van der Waals surface area contributed by atoms with Gasteiger partial charge in [-0.15, -0.1) is 11.3 Å². The van der Waals surface area contributed by atoms with E-state index in [1.54, 1.807) is 6.07 Å². The molecule has 6 rings (SSSR count). The Labute approximate surface area is 189 Å². The highest BCUT2D eigenvalue weighted by molar-refractivity contribution is 7.20. The van der Waals surface area contributed by atoms with Gasteiger partial charge in [0.25, 0.3) is 0 Å². The number of benzene rings is 1. The second-order valence-electron chi connectivity index (χ2n) is 8.60. The average Bonchev–Trinajstić information content (AvgIpc) is 3.42. The van der Waals surface area contributed by atoms with Crippen LogP contribution in [0.5, 0.6) is 0 Å². The van der Waals surface area contributed by atoms with E-state index in [2.05, 4.69) is 23.2 Å². The van der Waals surface area contributed by atoms with Crippen LogP contribution in [0.25, 0.3) is 38.1 Å². The van der Waals surface area contributed by atoms with Crippen molar-refractivity contribution in [2.24, 2.45) is 5.41 Å². The summed E-state index contributed by atoms with van der Waals surface area (Å²) < 4.78 is 16.5. The number of carbonyl (C=O) groups excluding carboxylic acids is 1. The maximum absolute atomic E-state index is 13.8. The van der Waals surface area contributed by atoms with E-state index in [0.717, 1.165) is 38.2 Å². The van der Waals surface area contributed by atoms with Crippen molar-refractivity contribution in [3.63, 3.8) is 0 Å². The molecule has 0 amide bonds. The lowest BCUT2D eigenvalue weighted by Crippen LogP contribution is -2.26. The molecule has 1 aromatic carbocycles. The van der Waals surface area contributed by atoms with Crippen LogP contribution >= 0.6 is 34.3 Å². The van der Waals surface area contributed by atoms with Crippen LogP contribution < -0.4 is 0 Å². The smallest absolute Gasteiger partial charge is 0.195 e. The lowest BCUT2D eigenvalue weighted by atomic mass is 9.78. The number of thiazole rings is 1. The van der Waals surface area contributed by atoms with Crippen molar-refractivity contribution in [3.8, 4) is 22.1 Å². The first-order valence-corrected chi connectivity index (χ1v) is 11.8. The maximum Gasteiger partial charge on any atom is 0.195 e. The largest absolute Gasteiger partial charge is 0.337 e. The van der Waals surface area contributed by atoms with Crippen molar-refractivity contribution in [1.82, 2.24) is 19.4 Å². The Balaban J connectivity index is 1.69. The van der Waals surface area contributed by atoms with E-state index in [9.17, 15) is 9.18 Å². The molecule has 31 heavy (non-hydrogen) atoms. The molecule has 5 aromatic rings. The fraction of sp³-hybridized carbons (Fsp3) is 0.227. The molecule has 4 aromatic heterocycles. The number of rotatable bonds is 2. The van der Waals surface area contributed by atoms with Crippen LogP contribution in [0.15, 0.2) is 30.3 Å². The Morgan fingerprint density at radius 3 is 2.77 bits per heavy atom. The van der Waals surface area contributed by atoms with Crippen LogP contribution in [-0.2, 0) is 6.42 Å². The number of nitrogens with one attached hydrogen (secondary N) is 1. The molecule has 0 spiro atoms. The van der Waals surface area contributed by atoms with Crippen molar-refractivity contribution < 1.29 is 9.18 Å². The molecule has 1 N–H and O–H groups in total. The number of carbonyl (C=O) groups is 1. The number of aromatic amines is 1. The van der Waals surface area contributed by atoms with Gasteiger partial charge >= 0.3 is 0 Å². The predicted molar refractivity (Wildman–Crippen MR) is 123 cm³/mol. The van der Waals surface area contributed by atoms with Gasteiger partial charge < -0.3 is 4.98 Å². The Hall–Kier alpha value is -2.55. The number of aromatic nitrogens is 4. The van der Waals surface area contributed by atoms with Crippen molar-refractivity contribution in [3.05, 3.63) is 51.1 Å². The molecule has 0 saturated carbocycles. The first-order valence-electron chi connectivity index (χ1n) is 9.78. The fourth-order valence-corrected chi connectivity index (χ4v) is 6.42.